The van der Waals surface area contributed by atoms with Crippen molar-refractivity contribution in [2.24, 2.45) is 0 Å². The van der Waals surface area contributed by atoms with E-state index < -0.39 is 11.7 Å². The number of alkyl halides is 3. The van der Waals surface area contributed by atoms with Gasteiger partial charge in [-0.1, -0.05) is 48.2 Å². The Morgan fingerprint density at radius 1 is 0.704 bits per heavy atom. The summed E-state index contributed by atoms with van der Waals surface area (Å²) in [5.41, 5.74) is 4.14. The molecule has 0 radical (unpaired) electrons. The molecule has 0 aliphatic carbocycles. The zero-order valence-electron chi connectivity index (χ0n) is 14.4. The molecule has 0 saturated heterocycles. The lowest BCUT2D eigenvalue weighted by Crippen LogP contribution is -2.14. The summed E-state index contributed by atoms with van der Waals surface area (Å²) < 4.78 is 38.4. The molecule has 0 unspecified atom stereocenters. The Morgan fingerprint density at radius 3 is 1.93 bits per heavy atom. The molecule has 134 valence electrons. The second-order valence-corrected chi connectivity index (χ2v) is 6.50. The highest BCUT2D eigenvalue weighted by Gasteiger charge is 2.30. The summed E-state index contributed by atoms with van der Waals surface area (Å²) in [4.78, 5) is 2.26. The van der Waals surface area contributed by atoms with Crippen LogP contribution in [0.1, 0.15) is 27.8 Å². The highest BCUT2D eigenvalue weighted by Crippen LogP contribution is 2.30. The van der Waals surface area contributed by atoms with Gasteiger partial charge in [0.05, 0.1) is 5.56 Å². The molecule has 0 fully saturated rings. The topological polar surface area (TPSA) is 3.24 Å². The van der Waals surface area contributed by atoms with Gasteiger partial charge in [0.1, 0.15) is 0 Å². The maximum absolute atomic E-state index is 12.8. The van der Waals surface area contributed by atoms with Crippen LogP contribution in [0, 0.1) is 11.8 Å². The number of fused-ring (bicyclic) bond motifs is 1. The Hall–Kier alpha value is -3.19. The third-order valence-corrected chi connectivity index (χ3v) is 4.59. The number of halogens is 3. The van der Waals surface area contributed by atoms with Gasteiger partial charge in [-0.15, -0.1) is 0 Å². The molecule has 0 spiro atoms. The third kappa shape index (κ3) is 3.83. The van der Waals surface area contributed by atoms with Gasteiger partial charge in [0.2, 0.25) is 0 Å². The molecule has 0 bridgehead atoms. The SMILES string of the molecule is FC(F)(F)c1cccc(C#Cc2cccc(N3Cc4ccccc4C3)c2)c1. The number of anilines is 1. The van der Waals surface area contributed by atoms with Crippen LogP contribution < -0.4 is 4.90 Å². The lowest BCUT2D eigenvalue weighted by molar-refractivity contribution is -0.137. The van der Waals surface area contributed by atoms with Crippen molar-refractivity contribution in [1.82, 2.24) is 0 Å². The van der Waals surface area contributed by atoms with Crippen molar-refractivity contribution in [3.63, 3.8) is 0 Å². The van der Waals surface area contributed by atoms with E-state index in [1.54, 1.807) is 6.07 Å². The van der Waals surface area contributed by atoms with Crippen LogP contribution in [0.5, 0.6) is 0 Å². The van der Waals surface area contributed by atoms with E-state index in [9.17, 15) is 13.2 Å². The molecule has 4 heteroatoms. The zero-order valence-corrected chi connectivity index (χ0v) is 14.4. The molecule has 3 aromatic rings. The van der Waals surface area contributed by atoms with Gasteiger partial charge < -0.3 is 4.90 Å². The Morgan fingerprint density at radius 2 is 1.30 bits per heavy atom. The molecule has 0 amide bonds. The van der Waals surface area contributed by atoms with Crippen LogP contribution in [0.4, 0.5) is 18.9 Å². The predicted octanol–water partition coefficient (Wildman–Crippen LogP) is 5.63. The van der Waals surface area contributed by atoms with Crippen molar-refractivity contribution in [3.8, 4) is 11.8 Å². The maximum atomic E-state index is 12.8. The van der Waals surface area contributed by atoms with E-state index in [0.29, 0.717) is 5.56 Å². The van der Waals surface area contributed by atoms with Crippen LogP contribution in [0.2, 0.25) is 0 Å². The molecule has 1 nitrogen and oxygen atoms in total. The van der Waals surface area contributed by atoms with E-state index in [1.165, 1.54) is 17.2 Å². The molecule has 1 heterocycles. The summed E-state index contributed by atoms with van der Waals surface area (Å²) >= 11 is 0. The molecule has 0 N–H and O–H groups in total. The number of hydrogen-bond acceptors (Lipinski definition) is 1. The van der Waals surface area contributed by atoms with Gasteiger partial charge in [-0.25, -0.2) is 0 Å². The standard InChI is InChI=1S/C23H16F3N/c24-23(25,26)21-9-3-5-17(13-21)11-12-18-6-4-10-22(14-18)27-15-19-7-1-2-8-20(19)16-27/h1-10,13-14H,15-16H2. The predicted molar refractivity (Wildman–Crippen MR) is 100 cm³/mol. The highest BCUT2D eigenvalue weighted by molar-refractivity contribution is 5.56. The second kappa shape index (κ2) is 6.85. The van der Waals surface area contributed by atoms with E-state index in [0.717, 1.165) is 36.5 Å². The van der Waals surface area contributed by atoms with Crippen molar-refractivity contribution < 1.29 is 13.2 Å². The van der Waals surface area contributed by atoms with Crippen molar-refractivity contribution in [2.75, 3.05) is 4.90 Å². The van der Waals surface area contributed by atoms with Gasteiger partial charge in [0.25, 0.3) is 0 Å². The van der Waals surface area contributed by atoms with E-state index in [1.807, 2.05) is 36.4 Å². The molecule has 0 saturated carbocycles. The molecular formula is C23H16F3N. The summed E-state index contributed by atoms with van der Waals surface area (Å²) in [5.74, 6) is 5.82. The van der Waals surface area contributed by atoms with Gasteiger partial charge in [0, 0.05) is 29.9 Å². The maximum Gasteiger partial charge on any atom is 0.416 e. The molecule has 1 aliphatic heterocycles. The van der Waals surface area contributed by atoms with Crippen LogP contribution in [0.25, 0.3) is 0 Å². The lowest BCUT2D eigenvalue weighted by atomic mass is 10.1. The Labute approximate surface area is 156 Å². The van der Waals surface area contributed by atoms with Crippen LogP contribution in [0.15, 0.2) is 72.8 Å². The molecule has 0 aromatic heterocycles. The summed E-state index contributed by atoms with van der Waals surface area (Å²) in [6.07, 6.45) is -4.36. The summed E-state index contributed by atoms with van der Waals surface area (Å²) in [6, 6.07) is 21.2. The molecule has 3 aromatic carbocycles. The minimum absolute atomic E-state index is 0.351. The monoisotopic (exact) mass is 363 g/mol. The number of hydrogen-bond donors (Lipinski definition) is 0. The van der Waals surface area contributed by atoms with Gasteiger partial charge in [-0.05, 0) is 47.5 Å². The fraction of sp³-hybridized carbons (Fsp3) is 0.130. The van der Waals surface area contributed by atoms with Gasteiger partial charge in [0.15, 0.2) is 0 Å². The minimum atomic E-state index is -4.36. The number of nitrogens with zero attached hydrogens (tertiary/aromatic N) is 1. The molecular weight excluding hydrogens is 347 g/mol. The van der Waals surface area contributed by atoms with E-state index >= 15 is 0 Å². The fourth-order valence-electron chi connectivity index (χ4n) is 3.21. The lowest BCUT2D eigenvalue weighted by Gasteiger charge is -2.17. The van der Waals surface area contributed by atoms with Gasteiger partial charge in [-0.3, -0.25) is 0 Å². The van der Waals surface area contributed by atoms with Crippen LogP contribution >= 0.6 is 0 Å². The largest absolute Gasteiger partial charge is 0.416 e. The van der Waals surface area contributed by atoms with Crippen molar-refractivity contribution in [3.05, 3.63) is 101 Å². The summed E-state index contributed by atoms with van der Waals surface area (Å²) in [7, 11) is 0. The van der Waals surface area contributed by atoms with Crippen molar-refractivity contribution in [2.45, 2.75) is 19.3 Å². The summed E-state index contributed by atoms with van der Waals surface area (Å²) in [6.45, 7) is 1.70. The zero-order chi connectivity index (χ0) is 18.9. The second-order valence-electron chi connectivity index (χ2n) is 6.50. The first kappa shape index (κ1) is 17.2. The summed E-state index contributed by atoms with van der Waals surface area (Å²) in [5, 5.41) is 0. The Bertz CT molecular complexity index is 1020. The van der Waals surface area contributed by atoms with Gasteiger partial charge in [-0.2, -0.15) is 13.2 Å². The quantitative estimate of drug-likeness (QED) is 0.507. The average molecular weight is 363 g/mol. The highest BCUT2D eigenvalue weighted by atomic mass is 19.4. The Balaban J connectivity index is 1.56. The van der Waals surface area contributed by atoms with Crippen LogP contribution in [-0.4, -0.2) is 0 Å². The normalized spacial score (nSPS) is 13.1. The first-order valence-electron chi connectivity index (χ1n) is 8.60. The van der Waals surface area contributed by atoms with Crippen LogP contribution in [-0.2, 0) is 19.3 Å². The smallest absolute Gasteiger partial charge is 0.363 e. The average Bonchev–Trinajstić information content (AvgIpc) is 3.10. The first-order valence-corrected chi connectivity index (χ1v) is 8.60. The Kier molecular flexibility index (Phi) is 4.37. The fourth-order valence-corrected chi connectivity index (χ4v) is 3.21. The van der Waals surface area contributed by atoms with Crippen LogP contribution in [0.3, 0.4) is 0 Å². The molecule has 4 rings (SSSR count). The first-order chi connectivity index (χ1) is 13.0. The van der Waals surface area contributed by atoms with E-state index in [-0.39, 0.29) is 0 Å². The number of rotatable bonds is 1. The van der Waals surface area contributed by atoms with E-state index in [4.69, 9.17) is 0 Å². The van der Waals surface area contributed by atoms with Crippen molar-refractivity contribution in [1.29, 1.82) is 0 Å². The van der Waals surface area contributed by atoms with Gasteiger partial charge >= 0.3 is 6.18 Å². The molecule has 27 heavy (non-hydrogen) atoms. The van der Waals surface area contributed by atoms with E-state index in [2.05, 4.69) is 28.9 Å². The molecule has 1 aliphatic rings. The molecule has 0 atom stereocenters. The number of benzene rings is 3. The van der Waals surface area contributed by atoms with Crippen molar-refractivity contribution >= 4 is 5.69 Å². The third-order valence-electron chi connectivity index (χ3n) is 4.59. The minimum Gasteiger partial charge on any atom is -0.363 e.